The van der Waals surface area contributed by atoms with Crippen LogP contribution in [-0.4, -0.2) is 53.0 Å². The van der Waals surface area contributed by atoms with Crippen LogP contribution in [0.4, 0.5) is 0 Å². The maximum atomic E-state index is 12.1. The van der Waals surface area contributed by atoms with Crippen molar-refractivity contribution < 1.29 is 5.11 Å². The average Bonchev–Trinajstić information content (AvgIpc) is 2.53. The monoisotopic (exact) mass is 360 g/mol. The van der Waals surface area contributed by atoms with Gasteiger partial charge in [0.2, 0.25) is 5.88 Å². The second-order valence-electron chi connectivity index (χ2n) is 6.42. The second kappa shape index (κ2) is 8.22. The van der Waals surface area contributed by atoms with Gasteiger partial charge in [-0.3, -0.25) is 19.3 Å². The largest absolute Gasteiger partial charge is 0.494 e. The van der Waals surface area contributed by atoms with Gasteiger partial charge in [-0.2, -0.15) is 0 Å². The topological polar surface area (TPSA) is 73.6 Å². The first kappa shape index (κ1) is 19.1. The van der Waals surface area contributed by atoms with Crippen molar-refractivity contribution in [3.63, 3.8) is 0 Å². The van der Waals surface area contributed by atoms with Crippen LogP contribution in [-0.2, 0) is 0 Å². The molecule has 2 rings (SSSR count). The van der Waals surface area contributed by atoms with E-state index in [1.54, 1.807) is 0 Å². The molecule has 1 aromatic carbocycles. The van der Waals surface area contributed by atoms with Gasteiger partial charge in [-0.25, -0.2) is 0 Å². The summed E-state index contributed by atoms with van der Waals surface area (Å²) in [6.45, 7) is 5.51. The van der Waals surface area contributed by atoms with Crippen LogP contribution < -0.4 is 5.56 Å². The molecule has 25 heavy (non-hydrogen) atoms. The minimum atomic E-state index is -0.453. The molecule has 6 nitrogen and oxygen atoms in total. The first-order chi connectivity index (χ1) is 11.8. The van der Waals surface area contributed by atoms with E-state index in [4.69, 9.17) is 12.2 Å². The number of aliphatic imine (C=N–C) groups is 1. The summed E-state index contributed by atoms with van der Waals surface area (Å²) in [7, 11) is 3.89. The molecule has 0 aliphatic carbocycles. The van der Waals surface area contributed by atoms with E-state index >= 15 is 0 Å². The first-order valence-electron chi connectivity index (χ1n) is 8.14. The lowest BCUT2D eigenvalue weighted by atomic mass is 10.0. The predicted molar refractivity (Wildman–Crippen MR) is 104 cm³/mol. The Bertz CT molecular complexity index is 864. The SMILES string of the molecule is CC(C)c1ccc(-n2c(O)c(C=NCCN(C)C)c(=O)[nH]c2=S)cc1. The molecule has 0 bridgehead atoms. The number of nitrogens with one attached hydrogen (secondary N) is 1. The molecule has 0 unspecified atom stereocenters. The highest BCUT2D eigenvalue weighted by Crippen LogP contribution is 2.21. The fraction of sp³-hybridized carbons (Fsp3) is 0.389. The Morgan fingerprint density at radius 1 is 1.32 bits per heavy atom. The zero-order valence-electron chi connectivity index (χ0n) is 15.0. The van der Waals surface area contributed by atoms with Crippen LogP contribution in [0, 0.1) is 4.77 Å². The molecule has 0 saturated heterocycles. The molecule has 0 spiro atoms. The normalized spacial score (nSPS) is 11.8. The summed E-state index contributed by atoms with van der Waals surface area (Å²) in [5.41, 5.74) is 1.52. The minimum Gasteiger partial charge on any atom is -0.494 e. The van der Waals surface area contributed by atoms with Gasteiger partial charge in [0, 0.05) is 12.8 Å². The third kappa shape index (κ3) is 4.64. The summed E-state index contributed by atoms with van der Waals surface area (Å²) < 4.78 is 1.58. The second-order valence-corrected chi connectivity index (χ2v) is 6.80. The highest BCUT2D eigenvalue weighted by Gasteiger charge is 2.12. The Kier molecular flexibility index (Phi) is 6.27. The van der Waals surface area contributed by atoms with E-state index in [1.807, 2.05) is 43.3 Å². The van der Waals surface area contributed by atoms with Crippen molar-refractivity contribution in [1.82, 2.24) is 14.5 Å². The molecule has 0 aliphatic rings. The molecule has 2 N–H and O–H groups in total. The van der Waals surface area contributed by atoms with Gasteiger partial charge in [-0.05, 0) is 49.9 Å². The summed E-state index contributed by atoms with van der Waals surface area (Å²) in [6.07, 6.45) is 1.39. The van der Waals surface area contributed by atoms with Crippen LogP contribution in [0.2, 0.25) is 0 Å². The number of H-pyrrole nitrogens is 1. The van der Waals surface area contributed by atoms with Gasteiger partial charge < -0.3 is 10.0 Å². The van der Waals surface area contributed by atoms with E-state index in [9.17, 15) is 9.90 Å². The Morgan fingerprint density at radius 2 is 1.96 bits per heavy atom. The van der Waals surface area contributed by atoms with Crippen LogP contribution in [0.1, 0.15) is 30.9 Å². The van der Waals surface area contributed by atoms with E-state index in [1.165, 1.54) is 16.3 Å². The summed E-state index contributed by atoms with van der Waals surface area (Å²) in [6, 6.07) is 7.71. The molecule has 0 amide bonds. The van der Waals surface area contributed by atoms with E-state index in [0.717, 1.165) is 6.54 Å². The van der Waals surface area contributed by atoms with Gasteiger partial charge in [-0.15, -0.1) is 0 Å². The fourth-order valence-electron chi connectivity index (χ4n) is 2.32. The van der Waals surface area contributed by atoms with Gasteiger partial charge >= 0.3 is 0 Å². The molecule has 0 fully saturated rings. The van der Waals surface area contributed by atoms with Gasteiger partial charge in [0.25, 0.3) is 5.56 Å². The standard InChI is InChI=1S/C18H24N4O2S/c1-12(2)13-5-7-14(8-6-13)22-17(24)15(16(23)20-18(22)25)11-19-9-10-21(3)4/h5-8,11-12,24H,9-10H2,1-4H3,(H,20,23,25). The number of aromatic nitrogens is 2. The van der Waals surface area contributed by atoms with E-state index in [-0.39, 0.29) is 16.2 Å². The van der Waals surface area contributed by atoms with Crippen molar-refractivity contribution in [3.8, 4) is 11.6 Å². The number of hydrogen-bond donors (Lipinski definition) is 2. The average molecular weight is 360 g/mol. The highest BCUT2D eigenvalue weighted by atomic mass is 32.1. The lowest BCUT2D eigenvalue weighted by Gasteiger charge is -2.13. The maximum absolute atomic E-state index is 12.1. The van der Waals surface area contributed by atoms with Crippen molar-refractivity contribution in [2.24, 2.45) is 4.99 Å². The third-order valence-electron chi connectivity index (χ3n) is 3.84. The zero-order chi connectivity index (χ0) is 18.6. The molecule has 0 radical (unpaired) electrons. The maximum Gasteiger partial charge on any atom is 0.264 e. The molecule has 7 heteroatoms. The molecule has 0 aliphatic heterocycles. The number of aromatic amines is 1. The van der Waals surface area contributed by atoms with Gasteiger partial charge in [0.05, 0.1) is 12.2 Å². The summed E-state index contributed by atoms with van der Waals surface area (Å²) >= 11 is 5.22. The lowest BCUT2D eigenvalue weighted by molar-refractivity contribution is 0.420. The van der Waals surface area contributed by atoms with Gasteiger partial charge in [0.1, 0.15) is 5.56 Å². The molecule has 1 aromatic heterocycles. The summed E-state index contributed by atoms with van der Waals surface area (Å²) in [4.78, 5) is 20.9. The highest BCUT2D eigenvalue weighted by molar-refractivity contribution is 7.71. The number of rotatable bonds is 6. The van der Waals surface area contributed by atoms with Crippen LogP contribution in [0.25, 0.3) is 5.69 Å². The quantitative estimate of drug-likeness (QED) is 0.614. The molecule has 0 saturated carbocycles. The molecular weight excluding hydrogens is 336 g/mol. The van der Waals surface area contributed by atoms with Crippen molar-refractivity contribution in [1.29, 1.82) is 0 Å². The van der Waals surface area contributed by atoms with Crippen molar-refractivity contribution >= 4 is 18.4 Å². The predicted octanol–water partition coefficient (Wildman–Crippen LogP) is 2.70. The Balaban J connectivity index is 2.44. The zero-order valence-corrected chi connectivity index (χ0v) is 15.8. The van der Waals surface area contributed by atoms with Crippen LogP contribution in [0.15, 0.2) is 34.1 Å². The fourth-order valence-corrected chi connectivity index (χ4v) is 2.60. The van der Waals surface area contributed by atoms with Crippen molar-refractivity contribution in [3.05, 3.63) is 50.5 Å². The van der Waals surface area contributed by atoms with Crippen molar-refractivity contribution in [2.75, 3.05) is 27.2 Å². The number of aromatic hydroxyl groups is 1. The molecular formula is C18H24N4O2S. The molecule has 1 heterocycles. The summed E-state index contributed by atoms with van der Waals surface area (Å²) in [5, 5.41) is 10.6. The van der Waals surface area contributed by atoms with Crippen LogP contribution in [0.3, 0.4) is 0 Å². The van der Waals surface area contributed by atoms with E-state index in [2.05, 4.69) is 23.8 Å². The molecule has 134 valence electrons. The Hall–Kier alpha value is -2.25. The van der Waals surface area contributed by atoms with Crippen LogP contribution >= 0.6 is 12.2 Å². The Morgan fingerprint density at radius 3 is 2.52 bits per heavy atom. The third-order valence-corrected chi connectivity index (χ3v) is 4.12. The molecule has 2 aromatic rings. The smallest absolute Gasteiger partial charge is 0.264 e. The van der Waals surface area contributed by atoms with E-state index in [0.29, 0.717) is 18.2 Å². The van der Waals surface area contributed by atoms with Crippen molar-refractivity contribution in [2.45, 2.75) is 19.8 Å². The number of benzene rings is 1. The van der Waals surface area contributed by atoms with Gasteiger partial charge in [0.15, 0.2) is 4.77 Å². The summed E-state index contributed by atoms with van der Waals surface area (Å²) in [5.74, 6) is 0.199. The molecule has 0 atom stereocenters. The Labute approximate surface area is 152 Å². The number of likely N-dealkylation sites (N-methyl/N-ethyl adjacent to an activating group) is 1. The number of hydrogen-bond acceptors (Lipinski definition) is 5. The van der Waals surface area contributed by atoms with Gasteiger partial charge in [-0.1, -0.05) is 26.0 Å². The van der Waals surface area contributed by atoms with Crippen LogP contribution in [0.5, 0.6) is 5.88 Å². The number of nitrogens with zero attached hydrogens (tertiary/aromatic N) is 3. The lowest BCUT2D eigenvalue weighted by Crippen LogP contribution is -2.19. The van der Waals surface area contributed by atoms with E-state index < -0.39 is 5.56 Å². The first-order valence-corrected chi connectivity index (χ1v) is 8.55. The minimum absolute atomic E-state index is 0.0975.